The smallest absolute Gasteiger partial charge is 0.331 e. The second kappa shape index (κ2) is 4.77. The van der Waals surface area contributed by atoms with Gasteiger partial charge in [-0.2, -0.15) is 0 Å². The first kappa shape index (κ1) is 10.6. The molecule has 2 aliphatic heterocycles. The summed E-state index contributed by atoms with van der Waals surface area (Å²) in [6.45, 7) is 2.91. The quantitative estimate of drug-likeness (QED) is 0.616. The molecule has 15 heavy (non-hydrogen) atoms. The maximum Gasteiger partial charge on any atom is 0.331 e. The lowest BCUT2D eigenvalue weighted by atomic mass is 9.87. The van der Waals surface area contributed by atoms with Crippen molar-refractivity contribution >= 4 is 5.97 Å². The third-order valence-electron chi connectivity index (χ3n) is 3.32. The molecular weight excluding hydrogens is 192 g/mol. The fraction of sp³-hybridized carbons (Fsp3) is 0.727. The number of hydrogen-bond donors (Lipinski definition) is 3. The van der Waals surface area contributed by atoms with Crippen molar-refractivity contribution in [2.75, 3.05) is 19.6 Å². The van der Waals surface area contributed by atoms with Crippen LogP contribution in [0.1, 0.15) is 19.3 Å². The van der Waals surface area contributed by atoms with Gasteiger partial charge in [-0.25, -0.2) is 4.79 Å². The van der Waals surface area contributed by atoms with E-state index in [2.05, 4.69) is 10.6 Å². The molecule has 0 aromatic carbocycles. The Morgan fingerprint density at radius 3 is 2.73 bits per heavy atom. The molecule has 2 heterocycles. The first-order chi connectivity index (χ1) is 7.27. The van der Waals surface area contributed by atoms with Crippen LogP contribution in [0.2, 0.25) is 0 Å². The zero-order chi connectivity index (χ0) is 10.7. The molecule has 0 saturated carbocycles. The van der Waals surface area contributed by atoms with Crippen LogP contribution in [0.15, 0.2) is 11.6 Å². The van der Waals surface area contributed by atoms with Gasteiger partial charge in [-0.3, -0.25) is 0 Å². The molecule has 3 N–H and O–H groups in total. The molecule has 0 aromatic heterocycles. The minimum absolute atomic E-state index is 0.270. The zero-order valence-electron chi connectivity index (χ0n) is 8.83. The molecule has 1 fully saturated rings. The summed E-state index contributed by atoms with van der Waals surface area (Å²) in [6.07, 6.45) is 4.85. The summed E-state index contributed by atoms with van der Waals surface area (Å²) in [5.74, 6) is -0.156. The first-order valence-electron chi connectivity index (χ1n) is 5.65. The van der Waals surface area contributed by atoms with E-state index >= 15 is 0 Å². The first-order valence-corrected chi connectivity index (χ1v) is 5.65. The molecule has 84 valence electrons. The summed E-state index contributed by atoms with van der Waals surface area (Å²) >= 11 is 0. The molecule has 0 amide bonds. The van der Waals surface area contributed by atoms with E-state index in [-0.39, 0.29) is 6.04 Å². The maximum absolute atomic E-state index is 10.9. The highest BCUT2D eigenvalue weighted by Crippen LogP contribution is 2.21. The molecule has 0 radical (unpaired) electrons. The summed E-state index contributed by atoms with van der Waals surface area (Å²) in [5.41, 5.74) is 0.581. The second-order valence-corrected chi connectivity index (χ2v) is 4.31. The van der Waals surface area contributed by atoms with Gasteiger partial charge >= 0.3 is 5.97 Å². The van der Waals surface area contributed by atoms with Crippen LogP contribution in [-0.2, 0) is 4.79 Å². The normalized spacial score (nSPS) is 28.5. The molecule has 0 aromatic rings. The van der Waals surface area contributed by atoms with E-state index in [0.29, 0.717) is 17.9 Å². The Bertz CT molecular complexity index is 270. The predicted octanol–water partition coefficient (Wildman–Crippen LogP) is 0.359. The highest BCUT2D eigenvalue weighted by Gasteiger charge is 2.25. The van der Waals surface area contributed by atoms with E-state index in [1.165, 1.54) is 0 Å². The van der Waals surface area contributed by atoms with Gasteiger partial charge in [0.05, 0.1) is 0 Å². The van der Waals surface area contributed by atoms with Crippen LogP contribution in [0.25, 0.3) is 0 Å². The minimum atomic E-state index is -0.754. The van der Waals surface area contributed by atoms with Crippen molar-refractivity contribution in [2.24, 2.45) is 5.92 Å². The van der Waals surface area contributed by atoms with Gasteiger partial charge in [-0.1, -0.05) is 6.08 Å². The third-order valence-corrected chi connectivity index (χ3v) is 3.32. The number of carbonyl (C=O) groups is 1. The Hall–Kier alpha value is -0.870. The van der Waals surface area contributed by atoms with Crippen molar-refractivity contribution in [3.63, 3.8) is 0 Å². The highest BCUT2D eigenvalue weighted by atomic mass is 16.4. The summed E-state index contributed by atoms with van der Waals surface area (Å²) in [6, 6.07) is 0.270. The van der Waals surface area contributed by atoms with Crippen LogP contribution in [0.5, 0.6) is 0 Å². The van der Waals surface area contributed by atoms with Crippen molar-refractivity contribution in [1.82, 2.24) is 10.6 Å². The van der Waals surface area contributed by atoms with Gasteiger partial charge in [0.2, 0.25) is 0 Å². The average Bonchev–Trinajstić information content (AvgIpc) is 2.30. The SMILES string of the molecule is O=C(O)C1=CC(C2CCNCC2)NCC1. The molecular formula is C11H18N2O2. The molecule has 1 unspecified atom stereocenters. The average molecular weight is 210 g/mol. The standard InChI is InChI=1S/C11H18N2O2/c14-11(15)9-3-6-13-10(7-9)8-1-4-12-5-2-8/h7-8,10,12-13H,1-6H2,(H,14,15). The van der Waals surface area contributed by atoms with E-state index < -0.39 is 5.97 Å². The fourth-order valence-electron chi connectivity index (χ4n) is 2.42. The van der Waals surface area contributed by atoms with Gasteiger partial charge in [0, 0.05) is 11.6 Å². The Morgan fingerprint density at radius 1 is 1.33 bits per heavy atom. The maximum atomic E-state index is 10.9. The van der Waals surface area contributed by atoms with E-state index in [0.717, 1.165) is 32.5 Å². The highest BCUT2D eigenvalue weighted by molar-refractivity contribution is 5.86. The number of rotatable bonds is 2. The van der Waals surface area contributed by atoms with Gasteiger partial charge in [0.1, 0.15) is 0 Å². The minimum Gasteiger partial charge on any atom is -0.478 e. The van der Waals surface area contributed by atoms with Crippen molar-refractivity contribution in [3.05, 3.63) is 11.6 Å². The zero-order valence-corrected chi connectivity index (χ0v) is 8.83. The number of hydrogen-bond acceptors (Lipinski definition) is 3. The van der Waals surface area contributed by atoms with E-state index in [1.54, 1.807) is 0 Å². The molecule has 0 spiro atoms. The lowest BCUT2D eigenvalue weighted by molar-refractivity contribution is -0.132. The lowest BCUT2D eigenvalue weighted by Gasteiger charge is -2.32. The molecule has 2 rings (SSSR count). The Balaban J connectivity index is 2.01. The number of carboxylic acid groups (broad SMARTS) is 1. The summed E-state index contributed by atoms with van der Waals surface area (Å²) in [5, 5.41) is 15.7. The summed E-state index contributed by atoms with van der Waals surface area (Å²) in [4.78, 5) is 10.9. The second-order valence-electron chi connectivity index (χ2n) is 4.31. The van der Waals surface area contributed by atoms with Gasteiger partial charge in [-0.05, 0) is 44.8 Å². The largest absolute Gasteiger partial charge is 0.478 e. The third kappa shape index (κ3) is 2.58. The van der Waals surface area contributed by atoms with Crippen molar-refractivity contribution in [2.45, 2.75) is 25.3 Å². The molecule has 1 atom stereocenters. The molecule has 0 bridgehead atoms. The van der Waals surface area contributed by atoms with E-state index in [9.17, 15) is 4.79 Å². The Labute approximate surface area is 89.7 Å². The molecule has 1 saturated heterocycles. The van der Waals surface area contributed by atoms with Crippen LogP contribution in [0, 0.1) is 5.92 Å². The van der Waals surface area contributed by atoms with Crippen LogP contribution < -0.4 is 10.6 Å². The van der Waals surface area contributed by atoms with Gasteiger partial charge < -0.3 is 15.7 Å². The molecule has 2 aliphatic rings. The lowest BCUT2D eigenvalue weighted by Crippen LogP contribution is -2.43. The number of carboxylic acids is 1. The van der Waals surface area contributed by atoms with Gasteiger partial charge in [0.25, 0.3) is 0 Å². The van der Waals surface area contributed by atoms with Crippen LogP contribution in [0.4, 0.5) is 0 Å². The summed E-state index contributed by atoms with van der Waals surface area (Å²) in [7, 11) is 0. The Kier molecular flexibility index (Phi) is 3.38. The molecule has 0 aliphatic carbocycles. The van der Waals surface area contributed by atoms with Crippen molar-refractivity contribution in [1.29, 1.82) is 0 Å². The molecule has 4 nitrogen and oxygen atoms in total. The van der Waals surface area contributed by atoms with Crippen LogP contribution >= 0.6 is 0 Å². The van der Waals surface area contributed by atoms with Crippen molar-refractivity contribution < 1.29 is 9.90 Å². The van der Waals surface area contributed by atoms with Gasteiger partial charge in [-0.15, -0.1) is 0 Å². The Morgan fingerprint density at radius 2 is 2.07 bits per heavy atom. The van der Waals surface area contributed by atoms with E-state index in [1.807, 2.05) is 6.08 Å². The number of nitrogens with one attached hydrogen (secondary N) is 2. The van der Waals surface area contributed by atoms with Crippen LogP contribution in [-0.4, -0.2) is 36.8 Å². The van der Waals surface area contributed by atoms with Crippen LogP contribution in [0.3, 0.4) is 0 Å². The summed E-state index contributed by atoms with van der Waals surface area (Å²) < 4.78 is 0. The predicted molar refractivity (Wildman–Crippen MR) is 57.7 cm³/mol. The van der Waals surface area contributed by atoms with Crippen molar-refractivity contribution in [3.8, 4) is 0 Å². The number of piperidine rings is 1. The topological polar surface area (TPSA) is 61.4 Å². The monoisotopic (exact) mass is 210 g/mol. The fourth-order valence-corrected chi connectivity index (χ4v) is 2.42. The molecule has 4 heteroatoms. The number of aliphatic carboxylic acids is 1. The van der Waals surface area contributed by atoms with E-state index in [4.69, 9.17) is 5.11 Å². The van der Waals surface area contributed by atoms with Gasteiger partial charge in [0.15, 0.2) is 0 Å².